The third kappa shape index (κ3) is 6.56. The molecule has 0 amide bonds. The number of nitrogens with zero attached hydrogens (tertiary/aromatic N) is 2. The van der Waals surface area contributed by atoms with Crippen LogP contribution in [0.15, 0.2) is 75.7 Å². The molecule has 2 heterocycles. The summed E-state index contributed by atoms with van der Waals surface area (Å²) in [5.74, 6) is 1.25. The molecule has 1 aliphatic rings. The van der Waals surface area contributed by atoms with Crippen LogP contribution in [0.25, 0.3) is 6.08 Å². The van der Waals surface area contributed by atoms with Crippen LogP contribution in [-0.4, -0.2) is 31.4 Å². The number of thiazole rings is 1. The summed E-state index contributed by atoms with van der Waals surface area (Å²) < 4.78 is 26.5. The molecule has 0 fully saturated rings. The summed E-state index contributed by atoms with van der Waals surface area (Å²) >= 11 is 12.0. The summed E-state index contributed by atoms with van der Waals surface area (Å²) in [4.78, 5) is 32.5. The van der Waals surface area contributed by atoms with Crippen LogP contribution < -0.4 is 29.1 Å². The summed E-state index contributed by atoms with van der Waals surface area (Å²) in [6.45, 7) is 3.99. The Labute approximate surface area is 290 Å². The first-order valence-corrected chi connectivity index (χ1v) is 16.8. The molecule has 0 bridgehead atoms. The second kappa shape index (κ2) is 14.0. The van der Waals surface area contributed by atoms with Gasteiger partial charge >= 0.3 is 5.97 Å². The van der Waals surface area contributed by atoms with Crippen molar-refractivity contribution in [2.45, 2.75) is 26.5 Å². The van der Waals surface area contributed by atoms with Gasteiger partial charge in [-0.25, -0.2) is 9.79 Å². The second-order valence-electron chi connectivity index (χ2n) is 9.60. The molecule has 228 valence electrons. The van der Waals surface area contributed by atoms with Gasteiger partial charge < -0.3 is 18.9 Å². The Morgan fingerprint density at radius 2 is 1.82 bits per heavy atom. The monoisotopic (exact) mass is 856 g/mol. The van der Waals surface area contributed by atoms with Crippen LogP contribution >= 0.6 is 68.1 Å². The number of esters is 1. The number of methoxy groups -OCH3 is 2. The third-order valence-electron chi connectivity index (χ3n) is 6.90. The summed E-state index contributed by atoms with van der Waals surface area (Å²) in [6, 6.07) is 15.9. The van der Waals surface area contributed by atoms with Crippen molar-refractivity contribution in [2.24, 2.45) is 4.99 Å². The predicted molar refractivity (Wildman–Crippen MR) is 188 cm³/mol. The minimum Gasteiger partial charge on any atom is -0.497 e. The number of aromatic nitrogens is 1. The van der Waals surface area contributed by atoms with E-state index in [1.54, 1.807) is 46.3 Å². The Bertz CT molecular complexity index is 1950. The molecular weight excluding hydrogens is 830 g/mol. The van der Waals surface area contributed by atoms with Gasteiger partial charge in [-0.15, -0.1) is 0 Å². The van der Waals surface area contributed by atoms with E-state index in [1.807, 2.05) is 42.5 Å². The van der Waals surface area contributed by atoms with Crippen molar-refractivity contribution in [2.75, 3.05) is 20.8 Å². The van der Waals surface area contributed by atoms with Gasteiger partial charge in [0.1, 0.15) is 29.9 Å². The standard InChI is InChI=1S/C32H27ClI2N2O6S/c1-5-42-31(39)27-17(2)36-32-37(28(27)21-15-20(40-3)10-11-25(21)41-4)30(38)26(44-32)14-18-12-23(34)29(24(35)13-18)43-16-19-8-6-7-9-22(19)33/h6-15,28H,5,16H2,1-4H3/b26-14+/t28-/m1/s1. The first kappa shape index (κ1) is 32.5. The Hall–Kier alpha value is -2.88. The maximum absolute atomic E-state index is 14.1. The minimum atomic E-state index is -0.835. The average molecular weight is 857 g/mol. The van der Waals surface area contributed by atoms with Gasteiger partial charge in [0.25, 0.3) is 5.56 Å². The van der Waals surface area contributed by atoms with Crippen molar-refractivity contribution in [1.82, 2.24) is 4.57 Å². The smallest absolute Gasteiger partial charge is 0.338 e. The third-order valence-corrected chi connectivity index (χ3v) is 9.85. The summed E-state index contributed by atoms with van der Waals surface area (Å²) in [5, 5.41) is 0.649. The average Bonchev–Trinajstić information content (AvgIpc) is 3.30. The molecular formula is C32H27ClI2N2O6S. The molecule has 8 nitrogen and oxygen atoms in total. The lowest BCUT2D eigenvalue weighted by molar-refractivity contribution is -0.139. The van der Waals surface area contributed by atoms with Crippen molar-refractivity contribution in [3.05, 3.63) is 114 Å². The molecule has 5 rings (SSSR count). The fraction of sp³-hybridized carbons (Fsp3) is 0.219. The number of carbonyl (C=O) groups is 1. The van der Waals surface area contributed by atoms with E-state index in [0.29, 0.717) is 43.7 Å². The highest BCUT2D eigenvalue weighted by atomic mass is 127. The SMILES string of the molecule is CCOC(=O)C1=C(C)N=c2s/c(=C/c3cc(I)c(OCc4ccccc4Cl)c(I)c3)c(=O)n2[C@@H]1c1cc(OC)ccc1OC. The molecule has 1 atom stereocenters. The van der Waals surface area contributed by atoms with Crippen LogP contribution in [0.2, 0.25) is 5.02 Å². The van der Waals surface area contributed by atoms with Crippen molar-refractivity contribution in [3.8, 4) is 17.2 Å². The van der Waals surface area contributed by atoms with Gasteiger partial charge in [0.2, 0.25) is 0 Å². The van der Waals surface area contributed by atoms with Crippen LogP contribution in [0, 0.1) is 7.14 Å². The van der Waals surface area contributed by atoms with Crippen molar-refractivity contribution >= 4 is 80.2 Å². The number of hydrogen-bond acceptors (Lipinski definition) is 8. The molecule has 3 aromatic carbocycles. The topological polar surface area (TPSA) is 88.4 Å². The van der Waals surface area contributed by atoms with Crippen molar-refractivity contribution in [3.63, 3.8) is 0 Å². The van der Waals surface area contributed by atoms with Crippen molar-refractivity contribution in [1.29, 1.82) is 0 Å². The van der Waals surface area contributed by atoms with E-state index in [4.69, 9.17) is 30.5 Å². The zero-order valence-corrected chi connectivity index (χ0v) is 30.0. The fourth-order valence-electron chi connectivity index (χ4n) is 4.86. The largest absolute Gasteiger partial charge is 0.497 e. The molecule has 0 N–H and O–H groups in total. The number of ether oxygens (including phenoxy) is 4. The molecule has 0 unspecified atom stereocenters. The molecule has 0 radical (unpaired) electrons. The quantitative estimate of drug-likeness (QED) is 0.146. The molecule has 0 saturated heterocycles. The van der Waals surface area contributed by atoms with E-state index in [1.165, 1.54) is 15.9 Å². The molecule has 1 aliphatic heterocycles. The van der Waals surface area contributed by atoms with E-state index >= 15 is 0 Å². The second-order valence-corrected chi connectivity index (χ2v) is 13.3. The maximum Gasteiger partial charge on any atom is 0.338 e. The number of allylic oxidation sites excluding steroid dienone is 1. The molecule has 0 aliphatic carbocycles. The maximum atomic E-state index is 14.1. The molecule has 12 heteroatoms. The van der Waals surface area contributed by atoms with Gasteiger partial charge in [-0.2, -0.15) is 0 Å². The Morgan fingerprint density at radius 1 is 1.09 bits per heavy atom. The summed E-state index contributed by atoms with van der Waals surface area (Å²) in [6.07, 6.45) is 1.83. The molecule has 44 heavy (non-hydrogen) atoms. The Kier molecular flexibility index (Phi) is 10.4. The lowest BCUT2D eigenvalue weighted by Crippen LogP contribution is -2.40. The van der Waals surface area contributed by atoms with Crippen LogP contribution in [0.4, 0.5) is 0 Å². The fourth-order valence-corrected chi connectivity index (χ4v) is 8.22. The Balaban J connectivity index is 1.61. The summed E-state index contributed by atoms with van der Waals surface area (Å²) in [5.41, 5.74) is 2.75. The molecule has 4 aromatic rings. The molecule has 0 saturated carbocycles. The van der Waals surface area contributed by atoms with E-state index < -0.39 is 12.0 Å². The lowest BCUT2D eigenvalue weighted by Gasteiger charge is -2.26. The number of hydrogen-bond donors (Lipinski definition) is 0. The van der Waals surface area contributed by atoms with Gasteiger partial charge in [0.05, 0.1) is 43.8 Å². The molecule has 0 spiro atoms. The first-order chi connectivity index (χ1) is 21.2. The minimum absolute atomic E-state index is 0.178. The number of carbonyl (C=O) groups excluding carboxylic acids is 1. The number of benzene rings is 3. The number of fused-ring (bicyclic) bond motifs is 1. The number of rotatable bonds is 9. The van der Waals surface area contributed by atoms with Gasteiger partial charge in [-0.05, 0) is 107 Å². The Morgan fingerprint density at radius 3 is 2.48 bits per heavy atom. The first-order valence-electron chi connectivity index (χ1n) is 13.4. The van der Waals surface area contributed by atoms with Crippen molar-refractivity contribution < 1.29 is 23.7 Å². The molecule has 1 aromatic heterocycles. The highest BCUT2D eigenvalue weighted by molar-refractivity contribution is 14.1. The van der Waals surface area contributed by atoms with E-state index in [2.05, 4.69) is 50.2 Å². The van der Waals surface area contributed by atoms with E-state index in [9.17, 15) is 9.59 Å². The van der Waals surface area contributed by atoms with Gasteiger partial charge in [-0.1, -0.05) is 41.1 Å². The summed E-state index contributed by atoms with van der Waals surface area (Å²) in [7, 11) is 3.10. The van der Waals surface area contributed by atoms with Gasteiger partial charge in [0.15, 0.2) is 4.80 Å². The van der Waals surface area contributed by atoms with E-state index in [-0.39, 0.29) is 17.7 Å². The van der Waals surface area contributed by atoms with Crippen LogP contribution in [0.1, 0.15) is 36.6 Å². The normalized spacial score (nSPS) is 14.6. The zero-order chi connectivity index (χ0) is 31.5. The highest BCUT2D eigenvalue weighted by Crippen LogP contribution is 2.38. The van der Waals surface area contributed by atoms with Crippen LogP contribution in [0.5, 0.6) is 17.2 Å². The number of halogens is 3. The van der Waals surface area contributed by atoms with Crippen LogP contribution in [-0.2, 0) is 16.1 Å². The van der Waals surface area contributed by atoms with Gasteiger partial charge in [-0.3, -0.25) is 9.36 Å². The highest BCUT2D eigenvalue weighted by Gasteiger charge is 2.35. The van der Waals surface area contributed by atoms with E-state index in [0.717, 1.165) is 24.0 Å². The van der Waals surface area contributed by atoms with Gasteiger partial charge in [0, 0.05) is 16.1 Å². The van der Waals surface area contributed by atoms with Crippen LogP contribution in [0.3, 0.4) is 0 Å². The predicted octanol–water partition coefficient (Wildman–Crippen LogP) is 6.26. The zero-order valence-electron chi connectivity index (χ0n) is 24.2. The lowest BCUT2D eigenvalue weighted by atomic mass is 9.94.